The molecule has 0 radical (unpaired) electrons. The number of hydrogen-bond acceptors (Lipinski definition) is 1. The first kappa shape index (κ1) is 7.56. The first-order chi connectivity index (χ1) is 6.34. The Morgan fingerprint density at radius 2 is 2.31 bits per heavy atom. The molecule has 0 saturated heterocycles. The van der Waals surface area contributed by atoms with Crippen molar-refractivity contribution < 1.29 is 0 Å². The minimum atomic E-state index is 1.06. The fraction of sp³-hybridized carbons (Fsp3) is 0.300. The van der Waals surface area contributed by atoms with Crippen molar-refractivity contribution in [2.24, 2.45) is 0 Å². The minimum absolute atomic E-state index is 1.06. The number of aromatic nitrogens is 2. The first-order valence-corrected chi connectivity index (χ1v) is 5.27. The van der Waals surface area contributed by atoms with E-state index >= 15 is 0 Å². The lowest BCUT2D eigenvalue weighted by molar-refractivity contribution is 0.765. The topological polar surface area (TPSA) is 17.8 Å². The van der Waals surface area contributed by atoms with Crippen molar-refractivity contribution in [2.45, 2.75) is 19.4 Å². The molecule has 1 aliphatic heterocycles. The van der Waals surface area contributed by atoms with Gasteiger partial charge in [-0.3, -0.25) is 0 Å². The molecule has 66 valence electrons. The lowest BCUT2D eigenvalue weighted by Crippen LogP contribution is -1.92. The monoisotopic (exact) mass is 236 g/mol. The molecule has 3 rings (SSSR count). The molecule has 0 spiro atoms. The predicted octanol–water partition coefficient (Wildman–Crippen LogP) is 2.75. The summed E-state index contributed by atoms with van der Waals surface area (Å²) < 4.78 is 3.38. The van der Waals surface area contributed by atoms with Crippen LogP contribution in [-0.4, -0.2) is 9.55 Å². The summed E-state index contributed by atoms with van der Waals surface area (Å²) in [5.41, 5.74) is 2.57. The predicted molar refractivity (Wildman–Crippen MR) is 55.8 cm³/mol. The molecule has 0 saturated carbocycles. The van der Waals surface area contributed by atoms with E-state index in [0.717, 1.165) is 16.7 Å². The Labute approximate surface area is 84.7 Å². The van der Waals surface area contributed by atoms with Crippen LogP contribution in [0.2, 0.25) is 0 Å². The van der Waals surface area contributed by atoms with Gasteiger partial charge in [-0.2, -0.15) is 0 Å². The Kier molecular flexibility index (Phi) is 1.50. The molecule has 0 atom stereocenters. The van der Waals surface area contributed by atoms with E-state index in [1.165, 1.54) is 23.9 Å². The second kappa shape index (κ2) is 2.58. The van der Waals surface area contributed by atoms with E-state index in [4.69, 9.17) is 0 Å². The molecule has 3 heteroatoms. The highest BCUT2D eigenvalue weighted by Gasteiger charge is 2.14. The van der Waals surface area contributed by atoms with Crippen molar-refractivity contribution >= 4 is 27.0 Å². The van der Waals surface area contributed by atoms with Crippen molar-refractivity contribution in [3.63, 3.8) is 0 Å². The number of halogens is 1. The molecular formula is C10H9BrN2. The van der Waals surface area contributed by atoms with Gasteiger partial charge in [-0.25, -0.2) is 4.98 Å². The minimum Gasteiger partial charge on any atom is -0.330 e. The molecule has 3 heterocycles. The highest BCUT2D eigenvalue weighted by atomic mass is 79.9. The molecule has 0 amide bonds. The van der Waals surface area contributed by atoms with Crippen LogP contribution in [0.15, 0.2) is 22.8 Å². The first-order valence-electron chi connectivity index (χ1n) is 4.48. The number of aryl methyl sites for hydroxylation is 2. The van der Waals surface area contributed by atoms with Crippen LogP contribution in [0.5, 0.6) is 0 Å². The van der Waals surface area contributed by atoms with Crippen molar-refractivity contribution in [3.8, 4) is 0 Å². The van der Waals surface area contributed by atoms with Crippen molar-refractivity contribution in [3.05, 3.63) is 28.5 Å². The number of pyridine rings is 1. The molecule has 0 bridgehead atoms. The summed E-state index contributed by atoms with van der Waals surface area (Å²) in [6, 6.07) is 4.38. The maximum atomic E-state index is 4.43. The highest BCUT2D eigenvalue weighted by Crippen LogP contribution is 2.26. The Morgan fingerprint density at radius 3 is 3.23 bits per heavy atom. The lowest BCUT2D eigenvalue weighted by atomic mass is 10.2. The molecule has 13 heavy (non-hydrogen) atoms. The fourth-order valence-corrected chi connectivity index (χ4v) is 2.40. The van der Waals surface area contributed by atoms with E-state index < -0.39 is 0 Å². The second-order valence-corrected chi connectivity index (χ2v) is 4.37. The van der Waals surface area contributed by atoms with E-state index in [1.54, 1.807) is 0 Å². The van der Waals surface area contributed by atoms with Gasteiger partial charge in [0, 0.05) is 28.3 Å². The van der Waals surface area contributed by atoms with Crippen molar-refractivity contribution in [1.29, 1.82) is 0 Å². The van der Waals surface area contributed by atoms with Crippen LogP contribution in [0.25, 0.3) is 11.0 Å². The molecule has 0 fully saturated rings. The Morgan fingerprint density at radius 1 is 1.38 bits per heavy atom. The molecule has 0 aromatic carbocycles. The summed E-state index contributed by atoms with van der Waals surface area (Å²) in [6.07, 6.45) is 4.34. The van der Waals surface area contributed by atoms with E-state index in [9.17, 15) is 0 Å². The number of hydrogen-bond donors (Lipinski definition) is 0. The second-order valence-electron chi connectivity index (χ2n) is 3.46. The summed E-state index contributed by atoms with van der Waals surface area (Å²) in [5, 5.41) is 1.25. The number of nitrogens with zero attached hydrogens (tertiary/aromatic N) is 2. The van der Waals surface area contributed by atoms with Gasteiger partial charge in [0.2, 0.25) is 0 Å². The van der Waals surface area contributed by atoms with Gasteiger partial charge >= 0.3 is 0 Å². The zero-order valence-electron chi connectivity index (χ0n) is 7.13. The van der Waals surface area contributed by atoms with Gasteiger partial charge in [-0.15, -0.1) is 0 Å². The SMILES string of the molecule is Brc1cnc2c(c1)cc1n2CCC1. The van der Waals surface area contributed by atoms with Crippen LogP contribution in [0.3, 0.4) is 0 Å². The van der Waals surface area contributed by atoms with Gasteiger partial charge in [0.25, 0.3) is 0 Å². The third-order valence-electron chi connectivity index (χ3n) is 2.60. The zero-order chi connectivity index (χ0) is 8.84. The number of fused-ring (bicyclic) bond motifs is 3. The van der Waals surface area contributed by atoms with Crippen molar-refractivity contribution in [1.82, 2.24) is 9.55 Å². The van der Waals surface area contributed by atoms with Crippen LogP contribution in [0.1, 0.15) is 12.1 Å². The molecular weight excluding hydrogens is 228 g/mol. The van der Waals surface area contributed by atoms with Gasteiger partial charge in [-0.1, -0.05) is 0 Å². The van der Waals surface area contributed by atoms with E-state index in [0.29, 0.717) is 0 Å². The van der Waals surface area contributed by atoms with Crippen LogP contribution < -0.4 is 0 Å². The lowest BCUT2D eigenvalue weighted by Gasteiger charge is -1.98. The molecule has 0 unspecified atom stereocenters. The fourth-order valence-electron chi connectivity index (χ4n) is 2.05. The third kappa shape index (κ3) is 1.03. The van der Waals surface area contributed by atoms with E-state index in [1.807, 2.05) is 6.20 Å². The van der Waals surface area contributed by atoms with Gasteiger partial charge in [0.1, 0.15) is 5.65 Å². The van der Waals surface area contributed by atoms with E-state index in [-0.39, 0.29) is 0 Å². The standard InChI is InChI=1S/C10H9BrN2/c11-8-4-7-5-9-2-1-3-13(9)10(7)12-6-8/h4-6H,1-3H2. The van der Waals surface area contributed by atoms with E-state index in [2.05, 4.69) is 37.6 Å². The molecule has 0 N–H and O–H groups in total. The van der Waals surface area contributed by atoms with Gasteiger partial charge < -0.3 is 4.57 Å². The van der Waals surface area contributed by atoms with Gasteiger partial charge in [-0.05, 0) is 40.9 Å². The number of rotatable bonds is 0. The maximum absolute atomic E-state index is 4.43. The highest BCUT2D eigenvalue weighted by molar-refractivity contribution is 9.10. The Hall–Kier alpha value is -0.830. The average molecular weight is 237 g/mol. The zero-order valence-corrected chi connectivity index (χ0v) is 8.71. The van der Waals surface area contributed by atoms with Crippen LogP contribution in [0, 0.1) is 0 Å². The van der Waals surface area contributed by atoms with Crippen LogP contribution >= 0.6 is 15.9 Å². The summed E-state index contributed by atoms with van der Waals surface area (Å²) in [4.78, 5) is 4.43. The summed E-state index contributed by atoms with van der Waals surface area (Å²) in [5.74, 6) is 0. The average Bonchev–Trinajstić information content (AvgIpc) is 2.62. The summed E-state index contributed by atoms with van der Waals surface area (Å²) in [7, 11) is 0. The molecule has 2 aromatic rings. The van der Waals surface area contributed by atoms with Crippen molar-refractivity contribution in [2.75, 3.05) is 0 Å². The molecule has 2 nitrogen and oxygen atoms in total. The summed E-state index contributed by atoms with van der Waals surface area (Å²) in [6.45, 7) is 1.13. The van der Waals surface area contributed by atoms with Gasteiger partial charge in [0.05, 0.1) is 0 Å². The van der Waals surface area contributed by atoms with Crippen LogP contribution in [-0.2, 0) is 13.0 Å². The quantitative estimate of drug-likeness (QED) is 0.688. The smallest absolute Gasteiger partial charge is 0.140 e. The molecule has 2 aromatic heterocycles. The maximum Gasteiger partial charge on any atom is 0.140 e. The largest absolute Gasteiger partial charge is 0.330 e. The third-order valence-corrected chi connectivity index (χ3v) is 3.03. The van der Waals surface area contributed by atoms with Gasteiger partial charge in [0.15, 0.2) is 0 Å². The molecule has 0 aliphatic carbocycles. The normalized spacial score (nSPS) is 15.2. The Bertz CT molecular complexity index is 473. The molecule has 1 aliphatic rings. The van der Waals surface area contributed by atoms with Crippen LogP contribution in [0.4, 0.5) is 0 Å². The summed E-state index contributed by atoms with van der Waals surface area (Å²) >= 11 is 3.43. The Balaban J connectivity index is 2.38.